The van der Waals surface area contributed by atoms with Crippen LogP contribution in [0.5, 0.6) is 0 Å². The van der Waals surface area contributed by atoms with Crippen LogP contribution in [0.4, 0.5) is 0 Å². The van der Waals surface area contributed by atoms with Gasteiger partial charge in [-0.2, -0.15) is 0 Å². The molecule has 100 valence electrons. The minimum atomic E-state index is -0.427. The fourth-order valence-corrected chi connectivity index (χ4v) is 1.49. The Kier molecular flexibility index (Phi) is 7.94. The van der Waals surface area contributed by atoms with E-state index >= 15 is 0 Å². The molecule has 0 aromatic carbocycles. The number of rotatable bonds is 8. The SMILES string of the molecule is C=CC(CCCCCCC)OC(=O)C(C)(C)C. The van der Waals surface area contributed by atoms with Gasteiger partial charge in [0.1, 0.15) is 6.10 Å². The summed E-state index contributed by atoms with van der Waals surface area (Å²) >= 11 is 0. The van der Waals surface area contributed by atoms with Gasteiger partial charge in [-0.1, -0.05) is 45.3 Å². The smallest absolute Gasteiger partial charge is 0.311 e. The molecule has 1 atom stereocenters. The molecule has 1 unspecified atom stereocenters. The van der Waals surface area contributed by atoms with E-state index in [1.54, 1.807) is 6.08 Å². The average Bonchev–Trinajstić information content (AvgIpc) is 2.25. The zero-order valence-corrected chi connectivity index (χ0v) is 11.9. The quantitative estimate of drug-likeness (QED) is 0.355. The number of carbonyl (C=O) groups excluding carboxylic acids is 1. The van der Waals surface area contributed by atoms with Crippen molar-refractivity contribution in [3.8, 4) is 0 Å². The van der Waals surface area contributed by atoms with E-state index in [-0.39, 0.29) is 12.1 Å². The highest BCUT2D eigenvalue weighted by Crippen LogP contribution is 2.18. The second-order valence-corrected chi connectivity index (χ2v) is 5.63. The maximum Gasteiger partial charge on any atom is 0.311 e. The van der Waals surface area contributed by atoms with Crippen LogP contribution in [0.15, 0.2) is 12.7 Å². The van der Waals surface area contributed by atoms with Gasteiger partial charge >= 0.3 is 5.97 Å². The molecule has 0 fully saturated rings. The number of esters is 1. The van der Waals surface area contributed by atoms with Crippen molar-refractivity contribution in [1.29, 1.82) is 0 Å². The third-order valence-corrected chi connectivity index (χ3v) is 2.73. The molecule has 2 nitrogen and oxygen atoms in total. The van der Waals surface area contributed by atoms with E-state index in [4.69, 9.17) is 4.74 Å². The molecule has 17 heavy (non-hydrogen) atoms. The molecular formula is C15H28O2. The lowest BCUT2D eigenvalue weighted by atomic mass is 9.97. The van der Waals surface area contributed by atoms with Gasteiger partial charge in [-0.05, 0) is 33.6 Å². The highest BCUT2D eigenvalue weighted by molar-refractivity contribution is 5.75. The summed E-state index contributed by atoms with van der Waals surface area (Å²) in [6.45, 7) is 11.6. The van der Waals surface area contributed by atoms with Crippen LogP contribution in [0.1, 0.15) is 66.2 Å². The number of unbranched alkanes of at least 4 members (excludes halogenated alkanes) is 4. The Bertz CT molecular complexity index is 226. The van der Waals surface area contributed by atoms with E-state index in [1.807, 2.05) is 20.8 Å². The molecule has 2 heteroatoms. The Morgan fingerprint density at radius 1 is 1.24 bits per heavy atom. The topological polar surface area (TPSA) is 26.3 Å². The fraction of sp³-hybridized carbons (Fsp3) is 0.800. The van der Waals surface area contributed by atoms with E-state index < -0.39 is 5.41 Å². The lowest BCUT2D eigenvalue weighted by molar-refractivity contribution is -0.156. The number of carbonyl (C=O) groups is 1. The third kappa shape index (κ3) is 8.00. The Balaban J connectivity index is 3.85. The molecule has 0 radical (unpaired) electrons. The molecule has 0 N–H and O–H groups in total. The van der Waals surface area contributed by atoms with Gasteiger partial charge in [0.25, 0.3) is 0 Å². The molecule has 0 saturated heterocycles. The van der Waals surface area contributed by atoms with Crippen LogP contribution >= 0.6 is 0 Å². The first-order valence-electron chi connectivity index (χ1n) is 6.75. The maximum absolute atomic E-state index is 11.7. The Morgan fingerprint density at radius 3 is 2.29 bits per heavy atom. The zero-order chi connectivity index (χ0) is 13.3. The van der Waals surface area contributed by atoms with Gasteiger partial charge in [0.05, 0.1) is 5.41 Å². The van der Waals surface area contributed by atoms with Crippen molar-refractivity contribution < 1.29 is 9.53 Å². The van der Waals surface area contributed by atoms with E-state index in [0.717, 1.165) is 12.8 Å². The van der Waals surface area contributed by atoms with E-state index in [2.05, 4.69) is 13.5 Å². The molecule has 0 bridgehead atoms. The number of hydrogen-bond donors (Lipinski definition) is 0. The van der Waals surface area contributed by atoms with Crippen molar-refractivity contribution in [3.63, 3.8) is 0 Å². The van der Waals surface area contributed by atoms with Gasteiger partial charge < -0.3 is 4.74 Å². The van der Waals surface area contributed by atoms with Crippen LogP contribution < -0.4 is 0 Å². The van der Waals surface area contributed by atoms with Crippen molar-refractivity contribution in [3.05, 3.63) is 12.7 Å². The maximum atomic E-state index is 11.7. The first kappa shape index (κ1) is 16.2. The predicted molar refractivity (Wildman–Crippen MR) is 72.9 cm³/mol. The number of hydrogen-bond acceptors (Lipinski definition) is 2. The summed E-state index contributed by atoms with van der Waals surface area (Å²) in [5.41, 5.74) is -0.427. The van der Waals surface area contributed by atoms with Gasteiger partial charge in [-0.25, -0.2) is 0 Å². The molecule has 0 rings (SSSR count). The monoisotopic (exact) mass is 240 g/mol. The van der Waals surface area contributed by atoms with E-state index in [0.29, 0.717) is 0 Å². The summed E-state index contributed by atoms with van der Waals surface area (Å²) in [6.07, 6.45) is 8.65. The summed E-state index contributed by atoms with van der Waals surface area (Å²) in [5, 5.41) is 0. The van der Waals surface area contributed by atoms with Crippen molar-refractivity contribution in [1.82, 2.24) is 0 Å². The second-order valence-electron chi connectivity index (χ2n) is 5.63. The molecule has 0 aliphatic rings. The molecular weight excluding hydrogens is 212 g/mol. The highest BCUT2D eigenvalue weighted by atomic mass is 16.5. The molecule has 0 amide bonds. The molecule has 0 aromatic heterocycles. The fourth-order valence-electron chi connectivity index (χ4n) is 1.49. The van der Waals surface area contributed by atoms with Crippen LogP contribution in [0.2, 0.25) is 0 Å². The van der Waals surface area contributed by atoms with Crippen LogP contribution in [0.3, 0.4) is 0 Å². The normalized spacial score (nSPS) is 13.2. The highest BCUT2D eigenvalue weighted by Gasteiger charge is 2.25. The van der Waals surface area contributed by atoms with Crippen LogP contribution in [0.25, 0.3) is 0 Å². The van der Waals surface area contributed by atoms with Gasteiger partial charge in [-0.15, -0.1) is 0 Å². The second kappa shape index (κ2) is 8.32. The van der Waals surface area contributed by atoms with Crippen molar-refractivity contribution in [2.45, 2.75) is 72.3 Å². The van der Waals surface area contributed by atoms with Gasteiger partial charge in [0.2, 0.25) is 0 Å². The van der Waals surface area contributed by atoms with E-state index in [1.165, 1.54) is 25.7 Å². The lowest BCUT2D eigenvalue weighted by Gasteiger charge is -2.21. The molecule has 0 spiro atoms. The summed E-state index contributed by atoms with van der Waals surface area (Å²) in [7, 11) is 0. The summed E-state index contributed by atoms with van der Waals surface area (Å²) < 4.78 is 5.41. The number of ether oxygens (including phenoxy) is 1. The van der Waals surface area contributed by atoms with Crippen LogP contribution in [-0.2, 0) is 9.53 Å². The predicted octanol–water partition coefficient (Wildman–Crippen LogP) is 4.49. The lowest BCUT2D eigenvalue weighted by Crippen LogP contribution is -2.27. The Hall–Kier alpha value is -0.790. The minimum absolute atomic E-state index is 0.122. The average molecular weight is 240 g/mol. The van der Waals surface area contributed by atoms with Gasteiger partial charge in [0, 0.05) is 0 Å². The first-order chi connectivity index (χ1) is 7.91. The van der Waals surface area contributed by atoms with E-state index in [9.17, 15) is 4.79 Å². The molecule has 0 heterocycles. The minimum Gasteiger partial charge on any atom is -0.458 e. The zero-order valence-electron chi connectivity index (χ0n) is 11.9. The largest absolute Gasteiger partial charge is 0.458 e. The molecule has 0 aliphatic heterocycles. The molecule has 0 aromatic rings. The van der Waals surface area contributed by atoms with Crippen molar-refractivity contribution >= 4 is 5.97 Å². The van der Waals surface area contributed by atoms with Crippen LogP contribution in [-0.4, -0.2) is 12.1 Å². The first-order valence-corrected chi connectivity index (χ1v) is 6.75. The van der Waals surface area contributed by atoms with Crippen LogP contribution in [0, 0.1) is 5.41 Å². The molecule has 0 aliphatic carbocycles. The summed E-state index contributed by atoms with van der Waals surface area (Å²) in [4.78, 5) is 11.7. The standard InChI is InChI=1S/C15H28O2/c1-6-8-9-10-11-12-13(7-2)17-14(16)15(3,4)5/h7,13H,2,6,8-12H2,1,3-5H3. The molecule has 0 saturated carbocycles. The third-order valence-electron chi connectivity index (χ3n) is 2.73. The van der Waals surface area contributed by atoms with Gasteiger partial charge in [-0.3, -0.25) is 4.79 Å². The Labute approximate surface area is 106 Å². The van der Waals surface area contributed by atoms with Crippen molar-refractivity contribution in [2.75, 3.05) is 0 Å². The van der Waals surface area contributed by atoms with Gasteiger partial charge in [0.15, 0.2) is 0 Å². The van der Waals surface area contributed by atoms with Crippen molar-refractivity contribution in [2.24, 2.45) is 5.41 Å². The Morgan fingerprint density at radius 2 is 1.82 bits per heavy atom. The summed E-state index contributed by atoms with van der Waals surface area (Å²) in [6, 6.07) is 0. The summed E-state index contributed by atoms with van der Waals surface area (Å²) in [5.74, 6) is -0.143.